The van der Waals surface area contributed by atoms with Crippen LogP contribution in [0, 0.1) is 0 Å². The van der Waals surface area contributed by atoms with Crippen LogP contribution in [-0.4, -0.2) is 48.4 Å². The van der Waals surface area contributed by atoms with Crippen molar-refractivity contribution in [2.45, 2.75) is 25.3 Å². The summed E-state index contributed by atoms with van der Waals surface area (Å²) in [6, 6.07) is 15.7. The lowest BCUT2D eigenvalue weighted by Gasteiger charge is -2.31. The molecule has 0 spiro atoms. The molecule has 2 N–H and O–H groups in total. The van der Waals surface area contributed by atoms with Crippen molar-refractivity contribution in [3.63, 3.8) is 0 Å². The maximum Gasteiger partial charge on any atom is 0.323 e. The van der Waals surface area contributed by atoms with Crippen LogP contribution in [0.4, 0.5) is 16.2 Å². The highest BCUT2D eigenvalue weighted by Crippen LogP contribution is 2.29. The second-order valence-corrected chi connectivity index (χ2v) is 7.38. The van der Waals surface area contributed by atoms with Gasteiger partial charge in [0.15, 0.2) is 0 Å². The minimum atomic E-state index is -0.680. The van der Waals surface area contributed by atoms with Crippen LogP contribution in [0.15, 0.2) is 54.6 Å². The third-order valence-electron chi connectivity index (χ3n) is 5.31. The Kier molecular flexibility index (Phi) is 5.46. The summed E-state index contributed by atoms with van der Waals surface area (Å²) in [6.45, 7) is 1.35. The molecule has 0 bridgehead atoms. The summed E-state index contributed by atoms with van der Waals surface area (Å²) in [5, 5.41) is 5.66. The number of benzene rings is 2. The molecule has 2 aliphatic rings. The fourth-order valence-corrected chi connectivity index (χ4v) is 3.85. The zero-order valence-corrected chi connectivity index (χ0v) is 16.1. The zero-order valence-electron chi connectivity index (χ0n) is 16.1. The van der Waals surface area contributed by atoms with Crippen molar-refractivity contribution in [1.29, 1.82) is 0 Å². The van der Waals surface area contributed by atoms with Crippen molar-refractivity contribution in [2.24, 2.45) is 0 Å². The molecule has 4 amide bonds. The lowest BCUT2D eigenvalue weighted by atomic mass is 10.0. The number of anilines is 2. The molecule has 7 nitrogen and oxygen atoms in total. The lowest BCUT2D eigenvalue weighted by Crippen LogP contribution is -2.55. The van der Waals surface area contributed by atoms with Crippen molar-refractivity contribution in [3.8, 4) is 0 Å². The fraction of sp³-hybridized carbons (Fsp3) is 0.318. The van der Waals surface area contributed by atoms with E-state index in [9.17, 15) is 14.4 Å². The number of rotatable bonds is 4. The maximum atomic E-state index is 13.1. The first-order valence-corrected chi connectivity index (χ1v) is 9.91. The summed E-state index contributed by atoms with van der Waals surface area (Å²) in [6.07, 6.45) is 2.37. The molecule has 2 aromatic rings. The number of hydrogen-bond acceptors (Lipinski definition) is 3. The van der Waals surface area contributed by atoms with E-state index < -0.39 is 12.1 Å². The third kappa shape index (κ3) is 4.23. The number of urea groups is 1. The summed E-state index contributed by atoms with van der Waals surface area (Å²) in [7, 11) is 0. The van der Waals surface area contributed by atoms with Gasteiger partial charge in [-0.15, -0.1) is 0 Å². The van der Waals surface area contributed by atoms with Gasteiger partial charge >= 0.3 is 6.03 Å². The maximum absolute atomic E-state index is 13.1. The van der Waals surface area contributed by atoms with E-state index >= 15 is 0 Å². The second kappa shape index (κ2) is 8.34. The highest BCUT2D eigenvalue weighted by molar-refractivity contribution is 6.10. The number of nitrogens with one attached hydrogen (secondary N) is 2. The largest absolute Gasteiger partial charge is 0.341 e. The molecule has 7 heteroatoms. The van der Waals surface area contributed by atoms with Gasteiger partial charge in [0.05, 0.1) is 11.4 Å². The number of hydrogen-bond donors (Lipinski definition) is 2. The van der Waals surface area contributed by atoms with Gasteiger partial charge in [0.25, 0.3) is 0 Å². The highest BCUT2D eigenvalue weighted by atomic mass is 16.2. The van der Waals surface area contributed by atoms with E-state index in [0.717, 1.165) is 31.5 Å². The first-order chi connectivity index (χ1) is 14.1. The van der Waals surface area contributed by atoms with Crippen molar-refractivity contribution >= 4 is 29.2 Å². The molecule has 0 aliphatic carbocycles. The van der Waals surface area contributed by atoms with Gasteiger partial charge in [0.2, 0.25) is 11.8 Å². The topological polar surface area (TPSA) is 81.8 Å². The molecule has 4 rings (SSSR count). The van der Waals surface area contributed by atoms with Crippen molar-refractivity contribution in [1.82, 2.24) is 10.2 Å². The number of carbonyl (C=O) groups is 3. The van der Waals surface area contributed by atoms with Gasteiger partial charge < -0.3 is 15.5 Å². The molecular weight excluding hydrogens is 368 g/mol. The van der Waals surface area contributed by atoms with Crippen LogP contribution < -0.4 is 15.5 Å². The molecule has 1 unspecified atom stereocenters. The van der Waals surface area contributed by atoms with Crippen LogP contribution >= 0.6 is 0 Å². The van der Waals surface area contributed by atoms with E-state index in [1.807, 2.05) is 41.3 Å². The quantitative estimate of drug-likeness (QED) is 0.838. The molecule has 1 atom stereocenters. The number of likely N-dealkylation sites (tertiary alicyclic amines) is 1. The average Bonchev–Trinajstić information content (AvgIpc) is 3.27. The Morgan fingerprint density at radius 2 is 1.69 bits per heavy atom. The molecule has 2 heterocycles. The zero-order chi connectivity index (χ0) is 20.2. The van der Waals surface area contributed by atoms with Crippen LogP contribution in [-0.2, 0) is 16.0 Å². The summed E-state index contributed by atoms with van der Waals surface area (Å²) in [5.41, 5.74) is 2.18. The molecule has 0 aromatic heterocycles. The SMILES string of the molecule is O=C1CN(C(=O)NC(Cc2ccccc2)C(=O)N2CCCC2)c2ccccc2N1. The number of fused-ring (bicyclic) bond motifs is 1. The molecule has 150 valence electrons. The number of para-hydroxylation sites is 2. The van der Waals surface area contributed by atoms with Crippen molar-refractivity contribution < 1.29 is 14.4 Å². The monoisotopic (exact) mass is 392 g/mol. The van der Waals surface area contributed by atoms with Crippen LogP contribution in [0.1, 0.15) is 18.4 Å². The van der Waals surface area contributed by atoms with Gasteiger partial charge in [-0.3, -0.25) is 14.5 Å². The summed E-state index contributed by atoms with van der Waals surface area (Å²) < 4.78 is 0. The fourth-order valence-electron chi connectivity index (χ4n) is 3.85. The molecule has 29 heavy (non-hydrogen) atoms. The number of nitrogens with zero attached hydrogens (tertiary/aromatic N) is 2. The third-order valence-corrected chi connectivity index (χ3v) is 5.31. The van der Waals surface area contributed by atoms with Gasteiger partial charge in [0, 0.05) is 19.5 Å². The molecule has 1 saturated heterocycles. The number of carbonyl (C=O) groups excluding carboxylic acids is 3. The van der Waals surface area contributed by atoms with Crippen LogP contribution in [0.5, 0.6) is 0 Å². The Hall–Kier alpha value is -3.35. The molecular formula is C22H24N4O3. The summed E-state index contributed by atoms with van der Waals surface area (Å²) >= 11 is 0. The smallest absolute Gasteiger partial charge is 0.323 e. The van der Waals surface area contributed by atoms with E-state index in [-0.39, 0.29) is 18.4 Å². The van der Waals surface area contributed by atoms with Crippen molar-refractivity contribution in [2.75, 3.05) is 29.9 Å². The van der Waals surface area contributed by atoms with E-state index in [1.165, 1.54) is 4.90 Å². The average molecular weight is 392 g/mol. The predicted molar refractivity (Wildman–Crippen MR) is 111 cm³/mol. The highest BCUT2D eigenvalue weighted by Gasteiger charge is 2.32. The standard InChI is InChI=1S/C22H24N4O3/c27-20-15-26(19-11-5-4-10-17(19)23-20)22(29)24-18(14-16-8-2-1-3-9-16)21(28)25-12-6-7-13-25/h1-5,8-11,18H,6-7,12-15H2,(H,23,27)(H,24,29). The molecule has 2 aliphatic heterocycles. The van der Waals surface area contributed by atoms with Gasteiger partial charge in [-0.05, 0) is 30.5 Å². The second-order valence-electron chi connectivity index (χ2n) is 7.38. The van der Waals surface area contributed by atoms with Crippen LogP contribution in [0.25, 0.3) is 0 Å². The normalized spacial score (nSPS) is 16.8. The summed E-state index contributed by atoms with van der Waals surface area (Å²) in [5.74, 6) is -0.334. The minimum Gasteiger partial charge on any atom is -0.341 e. The Balaban J connectivity index is 1.56. The Morgan fingerprint density at radius 1 is 1.00 bits per heavy atom. The van der Waals surface area contributed by atoms with Crippen LogP contribution in [0.3, 0.4) is 0 Å². The van der Waals surface area contributed by atoms with E-state index in [0.29, 0.717) is 17.8 Å². The van der Waals surface area contributed by atoms with E-state index in [1.54, 1.807) is 18.2 Å². The van der Waals surface area contributed by atoms with Crippen LogP contribution in [0.2, 0.25) is 0 Å². The summed E-state index contributed by atoms with van der Waals surface area (Å²) in [4.78, 5) is 41.4. The predicted octanol–water partition coefficient (Wildman–Crippen LogP) is 2.39. The first-order valence-electron chi connectivity index (χ1n) is 9.91. The Bertz CT molecular complexity index is 909. The molecule has 0 radical (unpaired) electrons. The van der Waals surface area contributed by atoms with E-state index in [2.05, 4.69) is 10.6 Å². The Morgan fingerprint density at radius 3 is 2.45 bits per heavy atom. The lowest BCUT2D eigenvalue weighted by molar-refractivity contribution is -0.132. The first kappa shape index (κ1) is 19.0. The van der Waals surface area contributed by atoms with E-state index in [4.69, 9.17) is 0 Å². The Labute approximate surface area is 169 Å². The van der Waals surface area contributed by atoms with Gasteiger partial charge in [-0.2, -0.15) is 0 Å². The van der Waals surface area contributed by atoms with Gasteiger partial charge in [-0.1, -0.05) is 42.5 Å². The number of amides is 4. The minimum absolute atomic E-state index is 0.0746. The molecule has 1 fully saturated rings. The molecule has 0 saturated carbocycles. The molecule has 2 aromatic carbocycles. The van der Waals surface area contributed by atoms with Gasteiger partial charge in [0.1, 0.15) is 12.6 Å². The van der Waals surface area contributed by atoms with Gasteiger partial charge in [-0.25, -0.2) is 4.79 Å². The van der Waals surface area contributed by atoms with Crippen molar-refractivity contribution in [3.05, 3.63) is 60.2 Å².